The Labute approximate surface area is 133 Å². The first kappa shape index (κ1) is 13.3. The van der Waals surface area contributed by atoms with Crippen molar-refractivity contribution in [2.45, 2.75) is 0 Å². The van der Waals surface area contributed by atoms with Crippen molar-refractivity contribution >= 4 is 45.8 Å². The molecule has 0 spiro atoms. The standard InChI is InChI=1S/C12H8ClIN6/c13-10-17-11(16-9-4-2-8(14)3-5-9)19-12(18-10)20-7-1-6-15-20/h1-7H,(H,16,17,18,19). The molecule has 2 heterocycles. The van der Waals surface area contributed by atoms with Crippen LogP contribution in [0.4, 0.5) is 11.6 Å². The van der Waals surface area contributed by atoms with Crippen LogP contribution in [0.2, 0.25) is 5.28 Å². The van der Waals surface area contributed by atoms with Gasteiger partial charge in [-0.1, -0.05) is 0 Å². The van der Waals surface area contributed by atoms with Crippen LogP contribution < -0.4 is 5.32 Å². The number of anilines is 2. The number of halogens is 2. The van der Waals surface area contributed by atoms with Gasteiger partial charge in [-0.25, -0.2) is 4.68 Å². The van der Waals surface area contributed by atoms with Crippen LogP contribution in [0.15, 0.2) is 42.7 Å². The van der Waals surface area contributed by atoms with Gasteiger partial charge in [-0.15, -0.1) is 0 Å². The van der Waals surface area contributed by atoms with Gasteiger partial charge in [-0.3, -0.25) is 0 Å². The third kappa shape index (κ3) is 3.05. The van der Waals surface area contributed by atoms with Gasteiger partial charge in [0.05, 0.1) is 0 Å². The summed E-state index contributed by atoms with van der Waals surface area (Å²) < 4.78 is 2.67. The fourth-order valence-electron chi connectivity index (χ4n) is 1.55. The molecule has 0 radical (unpaired) electrons. The van der Waals surface area contributed by atoms with Crippen LogP contribution in [0.1, 0.15) is 0 Å². The second kappa shape index (κ2) is 5.71. The van der Waals surface area contributed by atoms with E-state index in [2.05, 4.69) is 48.0 Å². The van der Waals surface area contributed by atoms with Gasteiger partial charge in [0.2, 0.25) is 11.2 Å². The Hall–Kier alpha value is -1.74. The van der Waals surface area contributed by atoms with Crippen molar-refractivity contribution in [1.29, 1.82) is 0 Å². The van der Waals surface area contributed by atoms with Crippen LogP contribution in [0.3, 0.4) is 0 Å². The lowest BCUT2D eigenvalue weighted by Gasteiger charge is -2.06. The highest BCUT2D eigenvalue weighted by atomic mass is 127. The van der Waals surface area contributed by atoms with E-state index in [4.69, 9.17) is 11.6 Å². The maximum absolute atomic E-state index is 5.91. The lowest BCUT2D eigenvalue weighted by atomic mass is 10.3. The van der Waals surface area contributed by atoms with Crippen LogP contribution in [0.5, 0.6) is 0 Å². The summed E-state index contributed by atoms with van der Waals surface area (Å²) in [5.41, 5.74) is 0.874. The second-order valence-electron chi connectivity index (χ2n) is 3.81. The van der Waals surface area contributed by atoms with Crippen molar-refractivity contribution in [3.8, 4) is 5.95 Å². The SMILES string of the molecule is Clc1nc(Nc2ccc(I)cc2)nc(-n2cccn2)n1. The van der Waals surface area contributed by atoms with Crippen molar-refractivity contribution in [3.63, 3.8) is 0 Å². The molecule has 1 N–H and O–H groups in total. The normalized spacial score (nSPS) is 10.5. The third-order valence-corrected chi connectivity index (χ3v) is 3.29. The van der Waals surface area contributed by atoms with Crippen LogP contribution in [-0.2, 0) is 0 Å². The van der Waals surface area contributed by atoms with Crippen molar-refractivity contribution in [3.05, 3.63) is 51.6 Å². The maximum Gasteiger partial charge on any atom is 0.256 e. The summed E-state index contributed by atoms with van der Waals surface area (Å²) >= 11 is 8.16. The number of rotatable bonds is 3. The van der Waals surface area contributed by atoms with E-state index in [0.717, 1.165) is 9.26 Å². The lowest BCUT2D eigenvalue weighted by molar-refractivity contribution is 0.798. The lowest BCUT2D eigenvalue weighted by Crippen LogP contribution is -2.06. The van der Waals surface area contributed by atoms with Crippen LogP contribution >= 0.6 is 34.2 Å². The van der Waals surface area contributed by atoms with E-state index in [9.17, 15) is 0 Å². The molecule has 20 heavy (non-hydrogen) atoms. The first-order valence-corrected chi connectivity index (χ1v) is 7.10. The zero-order valence-corrected chi connectivity index (χ0v) is 12.9. The molecular weight excluding hydrogens is 391 g/mol. The Morgan fingerprint density at radius 1 is 1.10 bits per heavy atom. The molecule has 0 fully saturated rings. The highest BCUT2D eigenvalue weighted by molar-refractivity contribution is 14.1. The van der Waals surface area contributed by atoms with E-state index < -0.39 is 0 Å². The molecule has 100 valence electrons. The maximum atomic E-state index is 5.91. The van der Waals surface area contributed by atoms with Gasteiger partial charge in [0.15, 0.2) is 0 Å². The monoisotopic (exact) mass is 398 g/mol. The van der Waals surface area contributed by atoms with Crippen LogP contribution in [-0.4, -0.2) is 24.7 Å². The van der Waals surface area contributed by atoms with E-state index in [1.54, 1.807) is 18.5 Å². The smallest absolute Gasteiger partial charge is 0.256 e. The minimum absolute atomic E-state index is 0.110. The first-order chi connectivity index (χ1) is 9.70. The van der Waals surface area contributed by atoms with Crippen molar-refractivity contribution in [2.75, 3.05) is 5.32 Å². The zero-order valence-electron chi connectivity index (χ0n) is 10.0. The summed E-state index contributed by atoms with van der Waals surface area (Å²) in [5, 5.41) is 7.26. The second-order valence-corrected chi connectivity index (χ2v) is 5.39. The Balaban J connectivity index is 1.92. The Bertz CT molecular complexity index is 713. The van der Waals surface area contributed by atoms with Gasteiger partial charge in [0.25, 0.3) is 5.95 Å². The van der Waals surface area contributed by atoms with Crippen LogP contribution in [0, 0.1) is 3.57 Å². The number of nitrogens with zero attached hydrogens (tertiary/aromatic N) is 5. The van der Waals surface area contributed by atoms with Crippen molar-refractivity contribution < 1.29 is 0 Å². The quantitative estimate of drug-likeness (QED) is 0.687. The number of aromatic nitrogens is 5. The van der Waals surface area contributed by atoms with Crippen molar-refractivity contribution in [1.82, 2.24) is 24.7 Å². The summed E-state index contributed by atoms with van der Waals surface area (Å²) in [4.78, 5) is 12.4. The van der Waals surface area contributed by atoms with Gasteiger partial charge < -0.3 is 5.32 Å². The van der Waals surface area contributed by atoms with Crippen molar-refractivity contribution in [2.24, 2.45) is 0 Å². The summed E-state index contributed by atoms with van der Waals surface area (Å²) in [6.07, 6.45) is 3.38. The van der Waals surface area contributed by atoms with E-state index in [0.29, 0.717) is 11.9 Å². The largest absolute Gasteiger partial charge is 0.324 e. The topological polar surface area (TPSA) is 68.5 Å². The van der Waals surface area contributed by atoms with Gasteiger partial charge in [-0.05, 0) is 64.5 Å². The average molecular weight is 399 g/mol. The molecule has 0 bridgehead atoms. The number of hydrogen-bond acceptors (Lipinski definition) is 5. The predicted molar refractivity (Wildman–Crippen MR) is 84.4 cm³/mol. The summed E-state index contributed by atoms with van der Waals surface area (Å²) in [6.45, 7) is 0. The molecule has 0 saturated heterocycles. The fraction of sp³-hybridized carbons (Fsp3) is 0. The van der Waals surface area contributed by atoms with Crippen LogP contribution in [0.25, 0.3) is 5.95 Å². The molecule has 0 aliphatic rings. The average Bonchev–Trinajstić information content (AvgIpc) is 2.95. The molecule has 0 atom stereocenters. The summed E-state index contributed by atoms with van der Waals surface area (Å²) in [6, 6.07) is 9.63. The first-order valence-electron chi connectivity index (χ1n) is 5.65. The Morgan fingerprint density at radius 3 is 2.60 bits per heavy atom. The molecule has 0 saturated carbocycles. The molecule has 0 unspecified atom stereocenters. The van der Waals surface area contributed by atoms with E-state index in [1.165, 1.54) is 4.68 Å². The molecule has 3 rings (SSSR count). The fourth-order valence-corrected chi connectivity index (χ4v) is 2.06. The van der Waals surface area contributed by atoms with Gasteiger partial charge in [-0.2, -0.15) is 20.1 Å². The molecule has 1 aromatic carbocycles. The predicted octanol–water partition coefficient (Wildman–Crippen LogP) is 3.06. The molecule has 6 nitrogen and oxygen atoms in total. The number of hydrogen-bond donors (Lipinski definition) is 1. The highest BCUT2D eigenvalue weighted by Gasteiger charge is 2.07. The Morgan fingerprint density at radius 2 is 1.90 bits per heavy atom. The zero-order chi connectivity index (χ0) is 13.9. The Kier molecular flexibility index (Phi) is 3.79. The van der Waals surface area contributed by atoms with E-state index in [1.807, 2.05) is 24.3 Å². The van der Waals surface area contributed by atoms with Gasteiger partial charge in [0.1, 0.15) is 0 Å². The van der Waals surface area contributed by atoms with Gasteiger partial charge >= 0.3 is 0 Å². The molecule has 0 aliphatic carbocycles. The summed E-state index contributed by atoms with van der Waals surface area (Å²) in [7, 11) is 0. The number of nitrogens with one attached hydrogen (secondary N) is 1. The minimum atomic E-state index is 0.110. The molecular formula is C12H8ClIN6. The summed E-state index contributed by atoms with van der Waals surface area (Å²) in [5.74, 6) is 0.736. The molecule has 0 aliphatic heterocycles. The molecule has 2 aromatic heterocycles. The molecule has 3 aromatic rings. The van der Waals surface area contributed by atoms with E-state index in [-0.39, 0.29) is 5.28 Å². The van der Waals surface area contributed by atoms with Gasteiger partial charge in [0, 0.05) is 21.7 Å². The van der Waals surface area contributed by atoms with E-state index >= 15 is 0 Å². The number of benzene rings is 1. The highest BCUT2D eigenvalue weighted by Crippen LogP contribution is 2.16. The minimum Gasteiger partial charge on any atom is -0.324 e. The molecule has 0 amide bonds. The molecule has 8 heteroatoms. The third-order valence-electron chi connectivity index (χ3n) is 2.41.